The van der Waals surface area contributed by atoms with Crippen LogP contribution in [0.15, 0.2) is 4.47 Å². The molecule has 0 amide bonds. The molecule has 0 saturated heterocycles. The van der Waals surface area contributed by atoms with Gasteiger partial charge in [0.15, 0.2) is 0 Å². The predicted octanol–water partition coefficient (Wildman–Crippen LogP) is 5.20. The molecule has 100 valence electrons. The third-order valence-corrected chi connectivity index (χ3v) is 6.02. The van der Waals surface area contributed by atoms with Gasteiger partial charge in [0.25, 0.3) is 0 Å². The molecule has 2 rings (SSSR count). The van der Waals surface area contributed by atoms with Crippen molar-refractivity contribution in [3.8, 4) is 0 Å². The summed E-state index contributed by atoms with van der Waals surface area (Å²) in [6.07, 6.45) is 5.50. The maximum atomic E-state index is 5.31. The smallest absolute Gasteiger partial charge is 0.144 e. The normalized spacial score (nSPS) is 16.7. The number of aromatic amines is 1. The minimum Gasteiger partial charge on any atom is -0.345 e. The Morgan fingerprint density at radius 2 is 2.11 bits per heavy atom. The third-order valence-electron chi connectivity index (χ3n) is 3.28. The van der Waals surface area contributed by atoms with Crippen molar-refractivity contribution in [2.45, 2.75) is 56.5 Å². The molecule has 0 spiro atoms. The van der Waals surface area contributed by atoms with E-state index in [2.05, 4.69) is 39.7 Å². The minimum atomic E-state index is 0.430. The van der Waals surface area contributed by atoms with E-state index in [1.165, 1.54) is 25.7 Å². The fraction of sp³-hybridized carbons (Fsp3) is 0.692. The van der Waals surface area contributed by atoms with Crippen molar-refractivity contribution in [1.82, 2.24) is 9.97 Å². The molecular weight excluding hydrogens is 328 g/mol. The summed E-state index contributed by atoms with van der Waals surface area (Å²) in [6, 6.07) is 0. The topological polar surface area (TPSA) is 28.7 Å². The predicted molar refractivity (Wildman–Crippen MR) is 84.8 cm³/mol. The summed E-state index contributed by atoms with van der Waals surface area (Å²) < 4.78 is 1.63. The van der Waals surface area contributed by atoms with Gasteiger partial charge in [-0.25, -0.2) is 4.98 Å². The number of hydrogen-bond donors (Lipinski definition) is 1. The van der Waals surface area contributed by atoms with Crippen LogP contribution >= 0.6 is 39.9 Å². The second kappa shape index (κ2) is 6.53. The summed E-state index contributed by atoms with van der Waals surface area (Å²) in [7, 11) is 0. The molecule has 1 aliphatic rings. The van der Waals surface area contributed by atoms with E-state index in [9.17, 15) is 0 Å². The van der Waals surface area contributed by atoms with Gasteiger partial charge in [-0.3, -0.25) is 0 Å². The Balaban J connectivity index is 2.10. The van der Waals surface area contributed by atoms with E-state index < -0.39 is 0 Å². The molecule has 0 atom stereocenters. The molecule has 1 aliphatic carbocycles. The largest absolute Gasteiger partial charge is 0.345 e. The first-order valence-corrected chi connectivity index (χ1v) is 8.73. The fourth-order valence-electron chi connectivity index (χ4n) is 2.24. The van der Waals surface area contributed by atoms with E-state index in [0.717, 1.165) is 27.0 Å². The highest BCUT2D eigenvalue weighted by atomic mass is 79.9. The van der Waals surface area contributed by atoms with Crippen molar-refractivity contribution >= 4 is 39.9 Å². The van der Waals surface area contributed by atoms with Crippen molar-refractivity contribution in [3.05, 3.63) is 20.6 Å². The molecule has 0 aromatic carbocycles. The Labute approximate surface area is 126 Å². The molecule has 0 bridgehead atoms. The SMILES string of the molecule is CC(C)c1[nH]c(CSC2CCCC2)nc(=S)c1Br. The fourth-order valence-corrected chi connectivity index (χ4v) is 4.31. The molecule has 1 aromatic heterocycles. The van der Waals surface area contributed by atoms with Crippen LogP contribution in [0, 0.1) is 4.64 Å². The van der Waals surface area contributed by atoms with Gasteiger partial charge in [0, 0.05) is 10.9 Å². The number of aromatic nitrogens is 2. The van der Waals surface area contributed by atoms with E-state index in [4.69, 9.17) is 12.2 Å². The number of nitrogens with zero attached hydrogens (tertiary/aromatic N) is 1. The number of rotatable bonds is 4. The second-order valence-corrected chi connectivity index (χ2v) is 7.56. The Morgan fingerprint density at radius 3 is 2.72 bits per heavy atom. The van der Waals surface area contributed by atoms with E-state index >= 15 is 0 Å². The maximum Gasteiger partial charge on any atom is 0.144 e. The lowest BCUT2D eigenvalue weighted by atomic mass is 10.1. The average Bonchev–Trinajstić information content (AvgIpc) is 2.83. The van der Waals surface area contributed by atoms with Crippen LogP contribution in [0.5, 0.6) is 0 Å². The molecule has 1 N–H and O–H groups in total. The summed E-state index contributed by atoms with van der Waals surface area (Å²) in [5, 5.41) is 0.819. The lowest BCUT2D eigenvalue weighted by molar-refractivity contribution is 0.787. The Morgan fingerprint density at radius 1 is 1.44 bits per heavy atom. The third kappa shape index (κ3) is 3.58. The number of nitrogens with one attached hydrogen (secondary N) is 1. The monoisotopic (exact) mass is 346 g/mol. The summed E-state index contributed by atoms with van der Waals surface area (Å²) in [5.41, 5.74) is 1.16. The van der Waals surface area contributed by atoms with Gasteiger partial charge in [-0.1, -0.05) is 38.9 Å². The van der Waals surface area contributed by atoms with Crippen LogP contribution in [0.2, 0.25) is 0 Å². The molecule has 1 aromatic rings. The molecule has 18 heavy (non-hydrogen) atoms. The van der Waals surface area contributed by atoms with Crippen LogP contribution in [-0.4, -0.2) is 15.2 Å². The van der Waals surface area contributed by atoms with Crippen LogP contribution in [-0.2, 0) is 5.75 Å². The first kappa shape index (κ1) is 14.5. The van der Waals surface area contributed by atoms with Gasteiger partial charge < -0.3 is 4.98 Å². The van der Waals surface area contributed by atoms with Crippen LogP contribution in [0.4, 0.5) is 0 Å². The van der Waals surface area contributed by atoms with Crippen molar-refractivity contribution in [2.75, 3.05) is 0 Å². The average molecular weight is 347 g/mol. The van der Waals surface area contributed by atoms with Gasteiger partial charge in [0.1, 0.15) is 10.5 Å². The zero-order valence-corrected chi connectivity index (χ0v) is 14.1. The number of thioether (sulfide) groups is 1. The van der Waals surface area contributed by atoms with Gasteiger partial charge in [-0.05, 0) is 34.7 Å². The Bertz CT molecular complexity index is 465. The molecule has 1 heterocycles. The summed E-state index contributed by atoms with van der Waals surface area (Å²) in [6.45, 7) is 4.33. The van der Waals surface area contributed by atoms with E-state index in [1.54, 1.807) is 0 Å². The lowest BCUT2D eigenvalue weighted by Crippen LogP contribution is -2.04. The minimum absolute atomic E-state index is 0.430. The van der Waals surface area contributed by atoms with Crippen LogP contribution in [0.25, 0.3) is 0 Å². The molecule has 0 unspecified atom stereocenters. The molecular formula is C13H19BrN2S2. The highest BCUT2D eigenvalue weighted by Gasteiger charge is 2.16. The van der Waals surface area contributed by atoms with Crippen molar-refractivity contribution in [3.63, 3.8) is 0 Å². The lowest BCUT2D eigenvalue weighted by Gasteiger charge is -2.12. The highest BCUT2D eigenvalue weighted by Crippen LogP contribution is 2.31. The van der Waals surface area contributed by atoms with Gasteiger partial charge in [0.2, 0.25) is 0 Å². The summed E-state index contributed by atoms with van der Waals surface area (Å²) in [4.78, 5) is 7.90. The number of H-pyrrole nitrogens is 1. The van der Waals surface area contributed by atoms with Crippen molar-refractivity contribution in [1.29, 1.82) is 0 Å². The molecule has 1 saturated carbocycles. The molecule has 0 aliphatic heterocycles. The van der Waals surface area contributed by atoms with E-state index in [-0.39, 0.29) is 0 Å². The molecule has 5 heteroatoms. The van der Waals surface area contributed by atoms with Gasteiger partial charge in [0.05, 0.1) is 10.2 Å². The quantitative estimate of drug-likeness (QED) is 0.759. The van der Waals surface area contributed by atoms with Gasteiger partial charge >= 0.3 is 0 Å². The molecule has 2 nitrogen and oxygen atoms in total. The second-order valence-electron chi connectivity index (χ2n) is 5.09. The van der Waals surface area contributed by atoms with E-state index in [0.29, 0.717) is 10.6 Å². The zero-order chi connectivity index (χ0) is 13.1. The van der Waals surface area contributed by atoms with E-state index in [1.807, 2.05) is 11.8 Å². The van der Waals surface area contributed by atoms with Crippen molar-refractivity contribution < 1.29 is 0 Å². The summed E-state index contributed by atoms with van der Waals surface area (Å²) in [5.74, 6) is 2.39. The van der Waals surface area contributed by atoms with Gasteiger partial charge in [-0.2, -0.15) is 11.8 Å². The number of hydrogen-bond acceptors (Lipinski definition) is 3. The number of halogens is 1. The first-order valence-electron chi connectivity index (χ1n) is 6.48. The molecule has 1 fully saturated rings. The Hall–Kier alpha value is 0.130. The molecule has 0 radical (unpaired) electrons. The zero-order valence-electron chi connectivity index (χ0n) is 10.8. The van der Waals surface area contributed by atoms with Crippen LogP contribution in [0.1, 0.15) is 57.0 Å². The Kier molecular flexibility index (Phi) is 5.27. The first-order chi connectivity index (χ1) is 8.58. The highest BCUT2D eigenvalue weighted by molar-refractivity contribution is 9.10. The van der Waals surface area contributed by atoms with Gasteiger partial charge in [-0.15, -0.1) is 0 Å². The van der Waals surface area contributed by atoms with Crippen molar-refractivity contribution in [2.24, 2.45) is 0 Å². The summed E-state index contributed by atoms with van der Waals surface area (Å²) >= 11 is 10.9. The van der Waals surface area contributed by atoms with Crippen LogP contribution in [0.3, 0.4) is 0 Å². The standard InChI is InChI=1S/C13H19BrN2S2/c1-8(2)12-11(14)13(17)16-10(15-12)7-18-9-5-3-4-6-9/h8-9H,3-7H2,1-2H3,(H,15,16,17). The van der Waals surface area contributed by atoms with Crippen LogP contribution < -0.4 is 0 Å². The maximum absolute atomic E-state index is 5.31.